The highest BCUT2D eigenvalue weighted by molar-refractivity contribution is 6.03. The number of ketones is 2. The molecule has 8 atom stereocenters. The van der Waals surface area contributed by atoms with Gasteiger partial charge in [0.15, 0.2) is 23.3 Å². The van der Waals surface area contributed by atoms with Gasteiger partial charge in [-0.2, -0.15) is 0 Å². The van der Waals surface area contributed by atoms with Gasteiger partial charge in [-0.05, 0) is 37.1 Å². The number of rotatable bonds is 5. The van der Waals surface area contributed by atoms with Crippen molar-refractivity contribution in [3.05, 3.63) is 47.0 Å². The lowest BCUT2D eigenvalue weighted by Crippen LogP contribution is -2.82. The number of Topliss-reactive ketones (excluding diaryl/α,β-unsaturated/α-hetero) is 2. The van der Waals surface area contributed by atoms with E-state index in [9.17, 15) is 24.3 Å². The van der Waals surface area contributed by atoms with Gasteiger partial charge in [0.25, 0.3) is 0 Å². The topological polar surface area (TPSA) is 152 Å². The Hall–Kier alpha value is -3.41. The number of carbonyl (C=O) groups excluding carboxylic acids is 5. The average molecular weight is 599 g/mol. The smallest absolute Gasteiger partial charge is 0.338 e. The molecular formula is C32H38O11. The largest absolute Gasteiger partial charge is 0.455 e. The van der Waals surface area contributed by atoms with Crippen molar-refractivity contribution in [2.75, 3.05) is 13.7 Å². The highest BCUT2D eigenvalue weighted by Gasteiger charge is 2.78. The summed E-state index contributed by atoms with van der Waals surface area (Å²) >= 11 is 0. The molecular weight excluding hydrogens is 560 g/mol. The molecule has 4 aliphatic rings. The predicted molar refractivity (Wildman–Crippen MR) is 149 cm³/mol. The Morgan fingerprint density at radius 2 is 1.65 bits per heavy atom. The first-order valence-corrected chi connectivity index (χ1v) is 14.3. The highest BCUT2D eigenvalue weighted by Crippen LogP contribution is 2.64. The standard InChI is InChI=1S/C32H38O11/c1-16-20(35)14-32(38)27(42-28(37)19-11-9-8-10-12-19)25-30(6,26(36)24(41-17(2)33)23(16)29(32,4)5)21(39-7)13-22-31(25,15-40-22)43-18(3)34/h8-12,21-22,24-25,27,38H,13-15H2,1-7H3/t21-,22+,24+,25?,27?,30+,31-,32+/m0/s1. The maximum Gasteiger partial charge on any atom is 0.338 e. The zero-order valence-corrected chi connectivity index (χ0v) is 25.4. The number of hydrogen-bond donors (Lipinski definition) is 1. The Bertz CT molecular complexity index is 1410. The summed E-state index contributed by atoms with van der Waals surface area (Å²) in [5, 5.41) is 12.9. The third-order valence-corrected chi connectivity index (χ3v) is 10.3. The van der Waals surface area contributed by atoms with E-state index in [2.05, 4.69) is 0 Å². The Balaban J connectivity index is 1.86. The molecule has 3 aliphatic carbocycles. The first-order valence-electron chi connectivity index (χ1n) is 14.3. The number of aliphatic hydroxyl groups is 1. The van der Waals surface area contributed by atoms with Gasteiger partial charge in [-0.3, -0.25) is 19.2 Å². The fourth-order valence-electron chi connectivity index (χ4n) is 8.04. The number of esters is 3. The summed E-state index contributed by atoms with van der Waals surface area (Å²) in [4.78, 5) is 67.5. The van der Waals surface area contributed by atoms with Crippen LogP contribution in [0.4, 0.5) is 0 Å². The van der Waals surface area contributed by atoms with Gasteiger partial charge in [0.2, 0.25) is 0 Å². The molecule has 0 radical (unpaired) electrons. The highest BCUT2D eigenvalue weighted by atomic mass is 16.6. The molecule has 2 unspecified atom stereocenters. The number of fused-ring (bicyclic) bond motifs is 5. The average Bonchev–Trinajstić information content (AvgIpc) is 2.92. The van der Waals surface area contributed by atoms with Crippen molar-refractivity contribution in [2.45, 2.75) is 90.0 Å². The molecule has 1 heterocycles. The molecule has 1 aromatic rings. The maximum atomic E-state index is 15.0. The zero-order valence-electron chi connectivity index (χ0n) is 25.4. The second-order valence-electron chi connectivity index (χ2n) is 12.8. The molecule has 0 spiro atoms. The van der Waals surface area contributed by atoms with Crippen molar-refractivity contribution in [3.8, 4) is 0 Å². The van der Waals surface area contributed by atoms with Crippen molar-refractivity contribution >= 4 is 29.5 Å². The van der Waals surface area contributed by atoms with E-state index in [0.29, 0.717) is 0 Å². The molecule has 232 valence electrons. The number of carbonyl (C=O) groups is 5. The van der Waals surface area contributed by atoms with Gasteiger partial charge in [-0.25, -0.2) is 4.79 Å². The molecule has 2 bridgehead atoms. The molecule has 1 N–H and O–H groups in total. The summed E-state index contributed by atoms with van der Waals surface area (Å²) in [6.45, 7) is 8.57. The third kappa shape index (κ3) is 4.30. The van der Waals surface area contributed by atoms with E-state index in [-0.39, 0.29) is 29.7 Å². The molecule has 3 fully saturated rings. The number of benzene rings is 1. The molecule has 2 saturated carbocycles. The first-order chi connectivity index (χ1) is 20.1. The van der Waals surface area contributed by atoms with Crippen LogP contribution in [0, 0.1) is 16.7 Å². The van der Waals surface area contributed by atoms with Crippen LogP contribution >= 0.6 is 0 Å². The van der Waals surface area contributed by atoms with Crippen molar-refractivity contribution in [2.24, 2.45) is 16.7 Å². The Labute approximate surface area is 249 Å². The van der Waals surface area contributed by atoms with Gasteiger partial charge in [-0.15, -0.1) is 0 Å². The monoisotopic (exact) mass is 598 g/mol. The lowest BCUT2D eigenvalue weighted by Gasteiger charge is -2.67. The Morgan fingerprint density at radius 3 is 2.19 bits per heavy atom. The van der Waals surface area contributed by atoms with Crippen molar-refractivity contribution < 1.29 is 52.8 Å². The van der Waals surface area contributed by atoms with Gasteiger partial charge >= 0.3 is 17.9 Å². The SMILES string of the molecule is CO[C@H]1C[C@H]2OC[C@@]2(OC(C)=O)C2C(OC(=O)c3ccccc3)[C@]3(O)CC(=O)C(C)=C([C@@H](OC(C)=O)C(=O)[C@@]21C)C3(C)C. The second kappa shape index (κ2) is 10.3. The number of ether oxygens (including phenoxy) is 5. The van der Waals surface area contributed by atoms with Crippen LogP contribution in [0.15, 0.2) is 41.5 Å². The lowest BCUT2D eigenvalue weighted by molar-refractivity contribution is -0.345. The van der Waals surface area contributed by atoms with E-state index >= 15 is 4.79 Å². The quantitative estimate of drug-likeness (QED) is 0.393. The summed E-state index contributed by atoms with van der Waals surface area (Å²) in [6.07, 6.45) is -5.21. The molecule has 0 aromatic heterocycles. The van der Waals surface area contributed by atoms with Crippen molar-refractivity contribution in [3.63, 3.8) is 0 Å². The Morgan fingerprint density at radius 1 is 1.00 bits per heavy atom. The normalized spacial score (nSPS) is 38.0. The van der Waals surface area contributed by atoms with Crippen LogP contribution in [0.2, 0.25) is 0 Å². The molecule has 1 aromatic carbocycles. The van der Waals surface area contributed by atoms with E-state index in [1.165, 1.54) is 21.0 Å². The maximum absolute atomic E-state index is 15.0. The van der Waals surface area contributed by atoms with Crippen LogP contribution in [0.1, 0.15) is 64.7 Å². The summed E-state index contributed by atoms with van der Waals surface area (Å²) in [7, 11) is 1.41. The number of allylic oxidation sites excluding steroid dienone is 1. The summed E-state index contributed by atoms with van der Waals surface area (Å²) in [5.41, 5.74) is -6.37. The van der Waals surface area contributed by atoms with E-state index < -0.39 is 88.3 Å². The van der Waals surface area contributed by atoms with Crippen LogP contribution in [0.3, 0.4) is 0 Å². The van der Waals surface area contributed by atoms with Crippen LogP contribution in [0.5, 0.6) is 0 Å². The minimum atomic E-state index is -2.16. The first kappa shape index (κ1) is 31.0. The predicted octanol–water partition coefficient (Wildman–Crippen LogP) is 2.51. The molecule has 11 nitrogen and oxygen atoms in total. The van der Waals surface area contributed by atoms with E-state index in [1.807, 2.05) is 0 Å². The minimum absolute atomic E-state index is 0.118. The van der Waals surface area contributed by atoms with Crippen LogP contribution in [-0.4, -0.2) is 83.9 Å². The van der Waals surface area contributed by atoms with Crippen LogP contribution in [-0.2, 0) is 42.9 Å². The Kier molecular flexibility index (Phi) is 7.47. The van der Waals surface area contributed by atoms with Gasteiger partial charge in [-0.1, -0.05) is 32.0 Å². The summed E-state index contributed by atoms with van der Waals surface area (Å²) in [6, 6.07) is 8.11. The minimum Gasteiger partial charge on any atom is -0.455 e. The van der Waals surface area contributed by atoms with E-state index in [1.54, 1.807) is 51.1 Å². The number of methoxy groups -OCH3 is 1. The summed E-state index contributed by atoms with van der Waals surface area (Å²) in [5.74, 6) is -4.67. The van der Waals surface area contributed by atoms with Gasteiger partial charge in [0.1, 0.15) is 17.8 Å². The second-order valence-corrected chi connectivity index (χ2v) is 12.8. The molecule has 0 amide bonds. The van der Waals surface area contributed by atoms with Crippen molar-refractivity contribution in [1.82, 2.24) is 0 Å². The van der Waals surface area contributed by atoms with E-state index in [0.717, 1.165) is 6.92 Å². The molecule has 11 heteroatoms. The molecule has 5 rings (SSSR count). The third-order valence-electron chi connectivity index (χ3n) is 10.3. The number of hydrogen-bond acceptors (Lipinski definition) is 11. The summed E-state index contributed by atoms with van der Waals surface area (Å²) < 4.78 is 29.7. The van der Waals surface area contributed by atoms with E-state index in [4.69, 9.17) is 23.7 Å². The zero-order chi connectivity index (χ0) is 31.7. The van der Waals surface area contributed by atoms with Crippen LogP contribution < -0.4 is 0 Å². The fourth-order valence-corrected chi connectivity index (χ4v) is 8.04. The van der Waals surface area contributed by atoms with Crippen molar-refractivity contribution in [1.29, 1.82) is 0 Å². The van der Waals surface area contributed by atoms with Gasteiger partial charge in [0, 0.05) is 39.2 Å². The molecule has 1 aliphatic heterocycles. The molecule has 43 heavy (non-hydrogen) atoms. The lowest BCUT2D eigenvalue weighted by atomic mass is 9.44. The van der Waals surface area contributed by atoms with Gasteiger partial charge < -0.3 is 28.8 Å². The van der Waals surface area contributed by atoms with Crippen LogP contribution in [0.25, 0.3) is 0 Å². The fraction of sp³-hybridized carbons (Fsp3) is 0.594. The van der Waals surface area contributed by atoms with Gasteiger partial charge in [0.05, 0.1) is 29.6 Å². The molecule has 1 saturated heterocycles.